The third-order valence-corrected chi connectivity index (χ3v) is 4.08. The SMILES string of the molecule is CCNC1C(CN(C)CC(C)O)C(C)(C)OC1(C)C. The summed E-state index contributed by atoms with van der Waals surface area (Å²) in [5, 5.41) is 13.1. The molecule has 0 radical (unpaired) electrons. The summed E-state index contributed by atoms with van der Waals surface area (Å²) < 4.78 is 6.27. The normalized spacial score (nSPS) is 30.8. The average Bonchev–Trinajstić information content (AvgIpc) is 2.35. The number of hydrogen-bond donors (Lipinski definition) is 2. The molecule has 3 unspecified atom stereocenters. The largest absolute Gasteiger partial charge is 0.392 e. The Kier molecular flexibility index (Phi) is 5.41. The molecule has 1 aliphatic heterocycles. The van der Waals surface area contributed by atoms with Gasteiger partial charge in [0.25, 0.3) is 0 Å². The number of aliphatic hydroxyl groups excluding tert-OH is 1. The Hall–Kier alpha value is -0.160. The standard InChI is InChI=1S/C15H32N2O2/c1-8-16-13-12(10-17(7)9-11(2)18)14(3,4)19-15(13,5)6/h11-13,16,18H,8-10H2,1-7H3. The molecular formula is C15H32N2O2. The van der Waals surface area contributed by atoms with Crippen LogP contribution in [0.15, 0.2) is 0 Å². The second-order valence-corrected chi connectivity index (χ2v) is 7.02. The number of nitrogens with zero attached hydrogens (tertiary/aromatic N) is 1. The molecule has 1 saturated heterocycles. The fraction of sp³-hybridized carbons (Fsp3) is 1.00. The van der Waals surface area contributed by atoms with Crippen molar-refractivity contribution in [3.63, 3.8) is 0 Å². The van der Waals surface area contributed by atoms with Crippen LogP contribution >= 0.6 is 0 Å². The lowest BCUT2D eigenvalue weighted by atomic mass is 9.82. The second-order valence-electron chi connectivity index (χ2n) is 7.02. The first-order chi connectivity index (χ1) is 8.60. The maximum atomic E-state index is 9.51. The summed E-state index contributed by atoms with van der Waals surface area (Å²) in [4.78, 5) is 2.20. The Balaban J connectivity index is 2.81. The molecule has 0 saturated carbocycles. The molecule has 0 amide bonds. The highest BCUT2D eigenvalue weighted by Crippen LogP contribution is 2.42. The van der Waals surface area contributed by atoms with Crippen molar-refractivity contribution in [1.29, 1.82) is 0 Å². The van der Waals surface area contributed by atoms with Gasteiger partial charge in [0.05, 0.1) is 17.3 Å². The summed E-state index contributed by atoms with van der Waals surface area (Å²) in [6.45, 7) is 15.2. The van der Waals surface area contributed by atoms with E-state index in [2.05, 4.69) is 51.9 Å². The van der Waals surface area contributed by atoms with E-state index in [9.17, 15) is 5.11 Å². The molecule has 4 heteroatoms. The van der Waals surface area contributed by atoms with Gasteiger partial charge in [0.1, 0.15) is 0 Å². The van der Waals surface area contributed by atoms with E-state index < -0.39 is 0 Å². The Morgan fingerprint density at radius 3 is 2.32 bits per heavy atom. The molecule has 19 heavy (non-hydrogen) atoms. The van der Waals surface area contributed by atoms with Crippen molar-refractivity contribution >= 4 is 0 Å². The molecule has 3 atom stereocenters. The minimum absolute atomic E-state index is 0.150. The molecule has 1 heterocycles. The Labute approximate surface area is 118 Å². The summed E-state index contributed by atoms with van der Waals surface area (Å²) >= 11 is 0. The quantitative estimate of drug-likeness (QED) is 0.769. The molecule has 0 spiro atoms. The smallest absolute Gasteiger partial charge is 0.0790 e. The van der Waals surface area contributed by atoms with Crippen molar-refractivity contribution in [2.75, 3.05) is 26.7 Å². The number of nitrogens with one attached hydrogen (secondary N) is 1. The molecule has 0 bridgehead atoms. The molecule has 114 valence electrons. The van der Waals surface area contributed by atoms with Crippen LogP contribution in [0, 0.1) is 5.92 Å². The average molecular weight is 272 g/mol. The van der Waals surface area contributed by atoms with E-state index in [-0.39, 0.29) is 17.3 Å². The predicted molar refractivity (Wildman–Crippen MR) is 79.4 cm³/mol. The lowest BCUT2D eigenvalue weighted by Gasteiger charge is -2.33. The highest BCUT2D eigenvalue weighted by molar-refractivity contribution is 5.05. The fourth-order valence-electron chi connectivity index (χ4n) is 3.50. The van der Waals surface area contributed by atoms with Crippen molar-refractivity contribution < 1.29 is 9.84 Å². The van der Waals surface area contributed by atoms with Gasteiger partial charge in [-0.15, -0.1) is 0 Å². The van der Waals surface area contributed by atoms with Crippen molar-refractivity contribution in [3.8, 4) is 0 Å². The third kappa shape index (κ3) is 4.15. The zero-order chi connectivity index (χ0) is 14.8. The van der Waals surface area contributed by atoms with Crippen LogP contribution in [0.4, 0.5) is 0 Å². The maximum absolute atomic E-state index is 9.51. The van der Waals surface area contributed by atoms with Crippen LogP contribution in [0.5, 0.6) is 0 Å². The Bertz CT molecular complexity index is 290. The van der Waals surface area contributed by atoms with Crippen LogP contribution in [0.1, 0.15) is 41.5 Å². The van der Waals surface area contributed by atoms with Gasteiger partial charge in [0, 0.05) is 25.0 Å². The Morgan fingerprint density at radius 2 is 1.84 bits per heavy atom. The summed E-state index contributed by atoms with van der Waals surface area (Å²) in [5.41, 5.74) is -0.306. The van der Waals surface area contributed by atoms with Crippen molar-refractivity contribution in [2.45, 2.75) is 64.9 Å². The topological polar surface area (TPSA) is 44.7 Å². The first-order valence-electron chi connectivity index (χ1n) is 7.40. The van der Waals surface area contributed by atoms with E-state index >= 15 is 0 Å². The third-order valence-electron chi connectivity index (χ3n) is 4.08. The number of aliphatic hydroxyl groups is 1. The zero-order valence-corrected chi connectivity index (χ0v) is 13.7. The van der Waals surface area contributed by atoms with Gasteiger partial charge in [0.15, 0.2) is 0 Å². The molecule has 4 nitrogen and oxygen atoms in total. The van der Waals surface area contributed by atoms with Crippen molar-refractivity contribution in [1.82, 2.24) is 10.2 Å². The number of likely N-dealkylation sites (N-methyl/N-ethyl adjacent to an activating group) is 2. The van der Waals surface area contributed by atoms with Crippen LogP contribution in [0.25, 0.3) is 0 Å². The van der Waals surface area contributed by atoms with Gasteiger partial charge >= 0.3 is 0 Å². The first kappa shape index (κ1) is 16.9. The number of hydrogen-bond acceptors (Lipinski definition) is 4. The summed E-state index contributed by atoms with van der Waals surface area (Å²) in [5.74, 6) is 0.409. The minimum Gasteiger partial charge on any atom is -0.392 e. The van der Waals surface area contributed by atoms with Gasteiger partial charge in [-0.1, -0.05) is 6.92 Å². The van der Waals surface area contributed by atoms with Crippen molar-refractivity contribution in [2.24, 2.45) is 5.92 Å². The highest BCUT2D eigenvalue weighted by atomic mass is 16.5. The van der Waals surface area contributed by atoms with Crippen molar-refractivity contribution in [3.05, 3.63) is 0 Å². The van der Waals surface area contributed by atoms with E-state index in [4.69, 9.17) is 4.74 Å². The molecule has 2 N–H and O–H groups in total. The number of rotatable bonds is 6. The molecule has 1 fully saturated rings. The van der Waals surface area contributed by atoms with Crippen LogP contribution in [-0.4, -0.2) is 60.0 Å². The summed E-state index contributed by atoms with van der Waals surface area (Å²) in [6.07, 6.45) is -0.291. The van der Waals surface area contributed by atoms with Gasteiger partial charge in [-0.2, -0.15) is 0 Å². The van der Waals surface area contributed by atoms with E-state index in [1.165, 1.54) is 0 Å². The molecule has 0 aromatic rings. The van der Waals surface area contributed by atoms with Gasteiger partial charge in [-0.05, 0) is 48.2 Å². The van der Waals surface area contributed by atoms with Gasteiger partial charge < -0.3 is 20.1 Å². The zero-order valence-electron chi connectivity index (χ0n) is 13.7. The maximum Gasteiger partial charge on any atom is 0.0790 e. The minimum atomic E-state index is -0.291. The highest BCUT2D eigenvalue weighted by Gasteiger charge is 2.53. The first-order valence-corrected chi connectivity index (χ1v) is 7.40. The lowest BCUT2D eigenvalue weighted by Crippen LogP contribution is -2.51. The fourth-order valence-corrected chi connectivity index (χ4v) is 3.50. The van der Waals surface area contributed by atoms with Gasteiger partial charge in [0.2, 0.25) is 0 Å². The van der Waals surface area contributed by atoms with Gasteiger partial charge in [-0.3, -0.25) is 0 Å². The van der Waals surface area contributed by atoms with E-state index in [0.29, 0.717) is 18.5 Å². The molecule has 0 aromatic heterocycles. The monoisotopic (exact) mass is 272 g/mol. The van der Waals surface area contributed by atoms with Crippen LogP contribution < -0.4 is 5.32 Å². The lowest BCUT2D eigenvalue weighted by molar-refractivity contribution is -0.0796. The predicted octanol–water partition coefficient (Wildman–Crippen LogP) is 1.48. The molecular weight excluding hydrogens is 240 g/mol. The van der Waals surface area contributed by atoms with E-state index in [1.54, 1.807) is 0 Å². The van der Waals surface area contributed by atoms with Gasteiger partial charge in [-0.25, -0.2) is 0 Å². The van der Waals surface area contributed by atoms with Crippen LogP contribution in [0.2, 0.25) is 0 Å². The van der Waals surface area contributed by atoms with E-state index in [0.717, 1.165) is 13.1 Å². The summed E-state index contributed by atoms with van der Waals surface area (Å²) in [7, 11) is 2.07. The van der Waals surface area contributed by atoms with Crippen LogP contribution in [-0.2, 0) is 4.74 Å². The molecule has 0 aliphatic carbocycles. The number of ether oxygens (including phenoxy) is 1. The van der Waals surface area contributed by atoms with E-state index in [1.807, 2.05) is 6.92 Å². The molecule has 1 rings (SSSR count). The van der Waals surface area contributed by atoms with Crippen LogP contribution in [0.3, 0.4) is 0 Å². The molecule has 1 aliphatic rings. The second kappa shape index (κ2) is 6.08. The Morgan fingerprint density at radius 1 is 1.26 bits per heavy atom. The molecule has 0 aromatic carbocycles. The summed E-state index contributed by atoms with van der Waals surface area (Å²) in [6, 6.07) is 0.337.